The van der Waals surface area contributed by atoms with Gasteiger partial charge in [0.25, 0.3) is 11.6 Å². The normalized spacial score (nSPS) is 12.0. The number of hydrogen-bond donors (Lipinski definition) is 1. The molecule has 0 saturated heterocycles. The van der Waals surface area contributed by atoms with E-state index in [4.69, 9.17) is 0 Å². The zero-order valence-electron chi connectivity index (χ0n) is 14.4. The number of hydrogen-bond acceptors (Lipinski definition) is 4. The largest absolute Gasteiger partial charge is 0.352 e. The van der Waals surface area contributed by atoms with E-state index in [-0.39, 0.29) is 17.5 Å². The van der Waals surface area contributed by atoms with E-state index in [2.05, 4.69) is 10.4 Å². The van der Waals surface area contributed by atoms with Crippen molar-refractivity contribution in [1.29, 1.82) is 0 Å². The van der Waals surface area contributed by atoms with Gasteiger partial charge in [0.05, 0.1) is 10.6 Å². The first kappa shape index (κ1) is 17.7. The van der Waals surface area contributed by atoms with Crippen molar-refractivity contribution >= 4 is 11.6 Å². The first-order valence-corrected chi connectivity index (χ1v) is 7.82. The lowest BCUT2D eigenvalue weighted by molar-refractivity contribution is -0.385. The van der Waals surface area contributed by atoms with Gasteiger partial charge >= 0.3 is 0 Å². The van der Waals surface area contributed by atoms with Crippen LogP contribution in [0.1, 0.15) is 34.2 Å². The number of nitro groups is 1. The van der Waals surface area contributed by atoms with Gasteiger partial charge in [-0.25, -0.2) is 0 Å². The zero-order chi connectivity index (χ0) is 17.9. The number of nitrogens with one attached hydrogen (secondary N) is 1. The van der Waals surface area contributed by atoms with Crippen LogP contribution in [0.5, 0.6) is 0 Å². The van der Waals surface area contributed by atoms with E-state index < -0.39 is 4.92 Å². The van der Waals surface area contributed by atoms with Gasteiger partial charge in [0.1, 0.15) is 0 Å². The molecule has 7 heteroatoms. The van der Waals surface area contributed by atoms with Crippen LogP contribution in [0.2, 0.25) is 0 Å². The molecule has 24 heavy (non-hydrogen) atoms. The van der Waals surface area contributed by atoms with Gasteiger partial charge in [-0.2, -0.15) is 5.10 Å². The standard InChI is InChI=1S/C17H22N4O3/c1-11(10-20-14(4)8-13(3)19-20)9-18-17(22)15-5-6-16(21(23)24)12(2)7-15/h5-8,11H,9-10H2,1-4H3,(H,18,22)/t11-/m1/s1. The molecule has 2 rings (SSSR count). The van der Waals surface area contributed by atoms with Crippen molar-refractivity contribution in [2.24, 2.45) is 5.92 Å². The molecule has 2 aromatic rings. The second-order valence-corrected chi connectivity index (χ2v) is 6.18. The van der Waals surface area contributed by atoms with Crippen molar-refractivity contribution in [3.63, 3.8) is 0 Å². The molecule has 0 fully saturated rings. The maximum Gasteiger partial charge on any atom is 0.272 e. The zero-order valence-corrected chi connectivity index (χ0v) is 14.4. The molecule has 0 bridgehead atoms. The SMILES string of the molecule is Cc1cc(C)n(C[C@H](C)CNC(=O)c2ccc([N+](=O)[O-])c(C)c2)n1. The summed E-state index contributed by atoms with van der Waals surface area (Å²) in [4.78, 5) is 22.6. The average Bonchev–Trinajstić information content (AvgIpc) is 2.81. The average molecular weight is 330 g/mol. The molecular weight excluding hydrogens is 308 g/mol. The van der Waals surface area contributed by atoms with Gasteiger partial charge in [0.2, 0.25) is 0 Å². The third-order valence-corrected chi connectivity index (χ3v) is 3.85. The van der Waals surface area contributed by atoms with Crippen molar-refractivity contribution in [2.75, 3.05) is 6.54 Å². The molecule has 1 atom stereocenters. The Bertz CT molecular complexity index is 767. The summed E-state index contributed by atoms with van der Waals surface area (Å²) >= 11 is 0. The molecule has 1 heterocycles. The van der Waals surface area contributed by atoms with Crippen LogP contribution in [0.3, 0.4) is 0 Å². The Morgan fingerprint density at radius 2 is 2.04 bits per heavy atom. The Morgan fingerprint density at radius 3 is 2.58 bits per heavy atom. The van der Waals surface area contributed by atoms with E-state index in [9.17, 15) is 14.9 Å². The minimum Gasteiger partial charge on any atom is -0.352 e. The van der Waals surface area contributed by atoms with Crippen molar-refractivity contribution in [1.82, 2.24) is 15.1 Å². The number of benzene rings is 1. The first-order chi connectivity index (χ1) is 11.3. The molecule has 0 saturated carbocycles. The van der Waals surface area contributed by atoms with E-state index in [1.165, 1.54) is 12.1 Å². The van der Waals surface area contributed by atoms with Gasteiger partial charge < -0.3 is 5.32 Å². The molecule has 0 aliphatic carbocycles. The summed E-state index contributed by atoms with van der Waals surface area (Å²) in [7, 11) is 0. The van der Waals surface area contributed by atoms with E-state index in [1.807, 2.05) is 31.5 Å². The summed E-state index contributed by atoms with van der Waals surface area (Å²) in [6.45, 7) is 8.85. The quantitative estimate of drug-likeness (QED) is 0.651. The summed E-state index contributed by atoms with van der Waals surface area (Å²) < 4.78 is 1.93. The number of rotatable bonds is 6. The Labute approximate surface area is 140 Å². The Hall–Kier alpha value is -2.70. The molecule has 1 amide bonds. The highest BCUT2D eigenvalue weighted by molar-refractivity contribution is 5.94. The fourth-order valence-electron chi connectivity index (χ4n) is 2.59. The van der Waals surface area contributed by atoms with Gasteiger partial charge in [-0.15, -0.1) is 0 Å². The lowest BCUT2D eigenvalue weighted by atomic mass is 10.1. The molecule has 128 valence electrons. The molecule has 1 aromatic carbocycles. The first-order valence-electron chi connectivity index (χ1n) is 7.82. The van der Waals surface area contributed by atoms with Crippen molar-refractivity contribution < 1.29 is 9.72 Å². The molecule has 0 spiro atoms. The molecule has 7 nitrogen and oxygen atoms in total. The van der Waals surface area contributed by atoms with Crippen LogP contribution in [0.15, 0.2) is 24.3 Å². The van der Waals surface area contributed by atoms with Crippen LogP contribution in [-0.2, 0) is 6.54 Å². The second-order valence-electron chi connectivity index (χ2n) is 6.18. The second kappa shape index (κ2) is 7.25. The number of amides is 1. The molecule has 0 unspecified atom stereocenters. The minimum absolute atomic E-state index is 0.0180. The smallest absolute Gasteiger partial charge is 0.272 e. The molecule has 0 aliphatic rings. The number of nitrogens with zero attached hydrogens (tertiary/aromatic N) is 3. The van der Waals surface area contributed by atoms with Crippen LogP contribution in [-0.4, -0.2) is 27.2 Å². The number of carbonyl (C=O) groups excluding carboxylic acids is 1. The van der Waals surface area contributed by atoms with Crippen LogP contribution in [0.4, 0.5) is 5.69 Å². The van der Waals surface area contributed by atoms with Gasteiger partial charge in [0.15, 0.2) is 0 Å². The maximum atomic E-state index is 12.2. The molecule has 1 aromatic heterocycles. The van der Waals surface area contributed by atoms with E-state index in [1.54, 1.807) is 13.0 Å². The lowest BCUT2D eigenvalue weighted by Crippen LogP contribution is -2.30. The van der Waals surface area contributed by atoms with Crippen LogP contribution in [0.25, 0.3) is 0 Å². The molecular formula is C17H22N4O3. The monoisotopic (exact) mass is 330 g/mol. The topological polar surface area (TPSA) is 90.1 Å². The van der Waals surface area contributed by atoms with Crippen molar-refractivity contribution in [2.45, 2.75) is 34.2 Å². The van der Waals surface area contributed by atoms with E-state index in [0.29, 0.717) is 17.7 Å². The summed E-state index contributed by atoms with van der Waals surface area (Å²) in [6.07, 6.45) is 0. The maximum absolute atomic E-state index is 12.2. The summed E-state index contributed by atoms with van der Waals surface area (Å²) in [5, 5.41) is 18.1. The van der Waals surface area contributed by atoms with E-state index in [0.717, 1.165) is 17.9 Å². The Kier molecular flexibility index (Phi) is 5.33. The highest BCUT2D eigenvalue weighted by atomic mass is 16.6. The lowest BCUT2D eigenvalue weighted by Gasteiger charge is -2.14. The summed E-state index contributed by atoms with van der Waals surface area (Å²) in [6, 6.07) is 6.40. The fraction of sp³-hybridized carbons (Fsp3) is 0.412. The number of nitro benzene ring substituents is 1. The third kappa shape index (κ3) is 4.18. The third-order valence-electron chi connectivity index (χ3n) is 3.85. The van der Waals surface area contributed by atoms with Crippen LogP contribution < -0.4 is 5.32 Å². The van der Waals surface area contributed by atoms with Gasteiger partial charge in [-0.1, -0.05) is 6.92 Å². The highest BCUT2D eigenvalue weighted by Gasteiger charge is 2.14. The summed E-state index contributed by atoms with van der Waals surface area (Å²) in [5.41, 5.74) is 2.99. The molecule has 1 N–H and O–H groups in total. The van der Waals surface area contributed by atoms with Crippen LogP contribution in [0, 0.1) is 36.8 Å². The van der Waals surface area contributed by atoms with Gasteiger partial charge in [0, 0.05) is 36.0 Å². The highest BCUT2D eigenvalue weighted by Crippen LogP contribution is 2.18. The predicted octanol–water partition coefficient (Wildman–Crippen LogP) is 2.78. The van der Waals surface area contributed by atoms with Gasteiger partial charge in [-0.05, 0) is 44.9 Å². The van der Waals surface area contributed by atoms with Crippen LogP contribution >= 0.6 is 0 Å². The summed E-state index contributed by atoms with van der Waals surface area (Å²) in [5.74, 6) is -0.0145. The predicted molar refractivity (Wildman–Crippen MR) is 91.0 cm³/mol. The molecule has 0 aliphatic heterocycles. The Balaban J connectivity index is 1.94. The number of aromatic nitrogens is 2. The van der Waals surface area contributed by atoms with Gasteiger partial charge in [-0.3, -0.25) is 19.6 Å². The van der Waals surface area contributed by atoms with Crippen molar-refractivity contribution in [3.8, 4) is 0 Å². The number of carbonyl (C=O) groups is 1. The molecule has 0 radical (unpaired) electrons. The Morgan fingerprint density at radius 1 is 1.33 bits per heavy atom. The fourth-order valence-corrected chi connectivity index (χ4v) is 2.59. The number of aryl methyl sites for hydroxylation is 3. The van der Waals surface area contributed by atoms with Crippen molar-refractivity contribution in [3.05, 3.63) is 56.9 Å². The minimum atomic E-state index is -0.451. The van der Waals surface area contributed by atoms with E-state index >= 15 is 0 Å².